The van der Waals surface area contributed by atoms with Crippen LogP contribution in [0.4, 0.5) is 0 Å². The molecule has 2 unspecified atom stereocenters. The third kappa shape index (κ3) is 4.75. The Morgan fingerprint density at radius 1 is 1.00 bits per heavy atom. The molecule has 180 valence electrons. The van der Waals surface area contributed by atoms with Crippen molar-refractivity contribution in [3.8, 4) is 17.1 Å². The number of rotatable bonds is 6. The number of para-hydroxylation sites is 1. The molecule has 0 bridgehead atoms. The van der Waals surface area contributed by atoms with Crippen LogP contribution in [0, 0.1) is 0 Å². The van der Waals surface area contributed by atoms with E-state index in [9.17, 15) is 9.59 Å². The predicted octanol–water partition coefficient (Wildman–Crippen LogP) is 4.62. The molecule has 1 N–H and O–H groups in total. The highest BCUT2D eigenvalue weighted by atomic mass is 32.2. The minimum atomic E-state index is -0.353. The van der Waals surface area contributed by atoms with Crippen LogP contribution >= 0.6 is 11.8 Å². The molecule has 3 aliphatic heterocycles. The molecule has 35 heavy (non-hydrogen) atoms. The Balaban J connectivity index is 1.48. The van der Waals surface area contributed by atoms with E-state index >= 15 is 0 Å². The number of nitrogens with one attached hydrogen (secondary N) is 1. The van der Waals surface area contributed by atoms with Crippen LogP contribution in [0.1, 0.15) is 50.4 Å². The second-order valence-corrected chi connectivity index (χ2v) is 10.3. The summed E-state index contributed by atoms with van der Waals surface area (Å²) in [7, 11) is 0. The molecule has 0 spiro atoms. The molecule has 1 amide bonds. The molecule has 3 aliphatic rings. The van der Waals surface area contributed by atoms with Crippen LogP contribution in [0.25, 0.3) is 17.1 Å². The van der Waals surface area contributed by atoms with Gasteiger partial charge in [0.1, 0.15) is 5.56 Å². The standard InChI is InChI=1S/C27H29N5O2S/c1-18(20-12-6-3-7-13-20)28-25(33)19(2)35-27-29-24-23(22-16-10-5-11-17-31(22)27)26(34)32(30-24)21-14-8-4-9-15-21/h3-4,6-9,12-15,18-19H,5,10-11,16-17H2,1-2H3,(H,28,33). The topological polar surface area (TPSA) is 81.8 Å². The van der Waals surface area contributed by atoms with Crippen LogP contribution in [0.15, 0.2) is 70.6 Å². The van der Waals surface area contributed by atoms with Crippen molar-refractivity contribution < 1.29 is 4.79 Å². The van der Waals surface area contributed by atoms with Gasteiger partial charge in [-0.25, -0.2) is 4.98 Å². The quantitative estimate of drug-likeness (QED) is 0.317. The fourth-order valence-corrected chi connectivity index (χ4v) is 5.51. The van der Waals surface area contributed by atoms with Gasteiger partial charge in [0.05, 0.1) is 17.0 Å². The highest BCUT2D eigenvalue weighted by molar-refractivity contribution is 8.00. The predicted molar refractivity (Wildman–Crippen MR) is 138 cm³/mol. The van der Waals surface area contributed by atoms with E-state index < -0.39 is 0 Å². The van der Waals surface area contributed by atoms with Crippen LogP contribution in [0.5, 0.6) is 0 Å². The number of nitrogens with zero attached hydrogens (tertiary/aromatic N) is 4. The maximum Gasteiger partial charge on any atom is 0.284 e. The maximum atomic E-state index is 13.4. The number of hydrogen-bond acceptors (Lipinski definition) is 5. The largest absolute Gasteiger partial charge is 0.349 e. The molecule has 0 saturated heterocycles. The molecule has 2 atom stereocenters. The highest BCUT2D eigenvalue weighted by Crippen LogP contribution is 2.32. The Hall–Kier alpha value is -3.39. The zero-order chi connectivity index (χ0) is 24.4. The van der Waals surface area contributed by atoms with E-state index in [4.69, 9.17) is 4.98 Å². The van der Waals surface area contributed by atoms with E-state index in [1.54, 1.807) is 0 Å². The lowest BCUT2D eigenvalue weighted by Gasteiger charge is -2.21. The van der Waals surface area contributed by atoms with Crippen molar-refractivity contribution >= 4 is 17.7 Å². The average Bonchev–Trinajstić information content (AvgIpc) is 3.04. The Labute approximate surface area is 208 Å². The van der Waals surface area contributed by atoms with Crippen molar-refractivity contribution in [1.29, 1.82) is 0 Å². The maximum absolute atomic E-state index is 13.4. The van der Waals surface area contributed by atoms with Gasteiger partial charge in [0, 0.05) is 12.2 Å². The Kier molecular flexibility index (Phi) is 6.72. The smallest absolute Gasteiger partial charge is 0.284 e. The van der Waals surface area contributed by atoms with Gasteiger partial charge >= 0.3 is 0 Å². The molecule has 0 fully saturated rings. The van der Waals surface area contributed by atoms with Gasteiger partial charge in [-0.1, -0.05) is 66.7 Å². The van der Waals surface area contributed by atoms with Gasteiger partial charge in [-0.3, -0.25) is 9.59 Å². The summed E-state index contributed by atoms with van der Waals surface area (Å²) in [5.41, 5.74) is 3.22. The molecule has 2 aromatic carbocycles. The second kappa shape index (κ2) is 10.1. The van der Waals surface area contributed by atoms with Crippen molar-refractivity contribution in [2.45, 2.75) is 62.5 Å². The Morgan fingerprint density at radius 3 is 2.46 bits per heavy atom. The number of thioether (sulfide) groups is 1. The monoisotopic (exact) mass is 487 g/mol. The zero-order valence-corrected chi connectivity index (χ0v) is 20.8. The minimum Gasteiger partial charge on any atom is -0.349 e. The number of hydrogen-bond donors (Lipinski definition) is 1. The Morgan fingerprint density at radius 2 is 1.71 bits per heavy atom. The summed E-state index contributed by atoms with van der Waals surface area (Å²) in [5, 5.41) is 8.09. The SMILES string of the molecule is CC(Sc1nc2nn(-c3ccccc3)c(=O)c-2c2n1CCCCC2)C(=O)NC(C)c1ccccc1. The molecule has 5 rings (SSSR count). The normalized spacial score (nSPS) is 15.3. The lowest BCUT2D eigenvalue weighted by atomic mass is 10.1. The first-order chi connectivity index (χ1) is 17.0. The molecule has 3 heterocycles. The zero-order valence-electron chi connectivity index (χ0n) is 20.0. The van der Waals surface area contributed by atoms with E-state index in [1.165, 1.54) is 16.4 Å². The molecular weight excluding hydrogens is 458 g/mol. The molecule has 0 saturated carbocycles. The summed E-state index contributed by atoms with van der Waals surface area (Å²) in [5.74, 6) is 0.398. The van der Waals surface area contributed by atoms with Gasteiger partial charge in [0.25, 0.3) is 5.56 Å². The van der Waals surface area contributed by atoms with Gasteiger partial charge in [0.15, 0.2) is 11.0 Å². The van der Waals surface area contributed by atoms with Crippen LogP contribution in [-0.4, -0.2) is 30.5 Å². The lowest BCUT2D eigenvalue weighted by molar-refractivity contribution is -0.120. The number of fused-ring (bicyclic) bond motifs is 3. The summed E-state index contributed by atoms with van der Waals surface area (Å²) in [6, 6.07) is 19.3. The first kappa shape index (κ1) is 23.4. The fourth-order valence-electron chi connectivity index (χ4n) is 4.56. The molecule has 0 aromatic heterocycles. The first-order valence-corrected chi connectivity index (χ1v) is 13.0. The van der Waals surface area contributed by atoms with Crippen molar-refractivity contribution in [2.75, 3.05) is 0 Å². The van der Waals surface area contributed by atoms with Crippen molar-refractivity contribution in [3.05, 3.63) is 82.3 Å². The third-order valence-electron chi connectivity index (χ3n) is 6.48. The average molecular weight is 488 g/mol. The van der Waals surface area contributed by atoms with E-state index in [2.05, 4.69) is 15.0 Å². The number of benzene rings is 2. The lowest BCUT2D eigenvalue weighted by Crippen LogP contribution is -2.33. The molecular formula is C27H29N5O2S. The van der Waals surface area contributed by atoms with Gasteiger partial charge in [-0.05, 0) is 50.8 Å². The summed E-state index contributed by atoms with van der Waals surface area (Å²) >= 11 is 1.43. The summed E-state index contributed by atoms with van der Waals surface area (Å²) in [6.07, 6.45) is 3.93. The molecule has 8 heteroatoms. The van der Waals surface area contributed by atoms with E-state index in [0.29, 0.717) is 11.4 Å². The van der Waals surface area contributed by atoms with Crippen LogP contribution < -0.4 is 10.9 Å². The summed E-state index contributed by atoms with van der Waals surface area (Å²) in [6.45, 7) is 4.67. The van der Waals surface area contributed by atoms with Crippen LogP contribution in [-0.2, 0) is 17.8 Å². The molecule has 0 radical (unpaired) electrons. The van der Waals surface area contributed by atoms with E-state index in [-0.39, 0.29) is 22.8 Å². The van der Waals surface area contributed by atoms with Crippen molar-refractivity contribution in [1.82, 2.24) is 24.6 Å². The minimum absolute atomic E-state index is 0.0458. The van der Waals surface area contributed by atoms with Crippen molar-refractivity contribution in [2.24, 2.45) is 0 Å². The number of carbonyl (C=O) groups is 1. The van der Waals surface area contributed by atoms with Crippen molar-refractivity contribution in [3.63, 3.8) is 0 Å². The highest BCUT2D eigenvalue weighted by Gasteiger charge is 2.28. The summed E-state index contributed by atoms with van der Waals surface area (Å²) < 4.78 is 3.58. The molecule has 0 aliphatic carbocycles. The fraction of sp³-hybridized carbons (Fsp3) is 0.333. The summed E-state index contributed by atoms with van der Waals surface area (Å²) in [4.78, 5) is 31.2. The molecule has 2 aromatic rings. The van der Waals surface area contributed by atoms with Gasteiger partial charge in [-0.15, -0.1) is 5.10 Å². The van der Waals surface area contributed by atoms with Crippen LogP contribution in [0.2, 0.25) is 0 Å². The first-order valence-electron chi connectivity index (χ1n) is 12.1. The van der Waals surface area contributed by atoms with Gasteiger partial charge in [-0.2, -0.15) is 4.68 Å². The molecule has 7 nitrogen and oxygen atoms in total. The van der Waals surface area contributed by atoms with Crippen LogP contribution in [0.3, 0.4) is 0 Å². The van der Waals surface area contributed by atoms with E-state index in [1.807, 2.05) is 74.5 Å². The van der Waals surface area contributed by atoms with E-state index in [0.717, 1.165) is 54.3 Å². The number of carbonyl (C=O) groups excluding carboxylic acids is 1. The second-order valence-electron chi connectivity index (χ2n) is 8.96. The number of amides is 1. The Bertz CT molecular complexity index is 1350. The third-order valence-corrected chi connectivity index (χ3v) is 7.57. The van der Waals surface area contributed by atoms with Gasteiger partial charge in [0.2, 0.25) is 5.91 Å². The van der Waals surface area contributed by atoms with Gasteiger partial charge < -0.3 is 9.88 Å². The number of aromatic nitrogens is 4.